The van der Waals surface area contributed by atoms with Crippen molar-refractivity contribution in [2.24, 2.45) is 11.8 Å². The molecule has 162 valence electrons. The van der Waals surface area contributed by atoms with E-state index >= 15 is 0 Å². The van der Waals surface area contributed by atoms with Gasteiger partial charge in [0.1, 0.15) is 5.75 Å². The van der Waals surface area contributed by atoms with Gasteiger partial charge in [-0.3, -0.25) is 9.69 Å². The van der Waals surface area contributed by atoms with E-state index in [1.165, 1.54) is 0 Å². The molecule has 1 saturated carbocycles. The number of nitrogens with zero attached hydrogens (tertiary/aromatic N) is 1. The van der Waals surface area contributed by atoms with Crippen LogP contribution in [0.25, 0.3) is 10.8 Å². The van der Waals surface area contributed by atoms with E-state index in [0.717, 1.165) is 49.7 Å². The van der Waals surface area contributed by atoms with E-state index in [9.17, 15) is 13.6 Å². The average Bonchev–Trinajstić information content (AvgIpc) is 2.67. The van der Waals surface area contributed by atoms with Crippen LogP contribution in [0, 0.1) is 11.8 Å². The zero-order chi connectivity index (χ0) is 21.3. The maximum Gasteiger partial charge on any atom is 0.303 e. The van der Waals surface area contributed by atoms with Gasteiger partial charge in [0.15, 0.2) is 0 Å². The number of likely N-dealkylation sites (tertiary alicyclic amines) is 1. The molecule has 1 heterocycles. The van der Waals surface area contributed by atoms with Crippen LogP contribution in [-0.4, -0.2) is 35.2 Å². The zero-order valence-corrected chi connectivity index (χ0v) is 17.3. The third-order valence-electron chi connectivity index (χ3n) is 6.46. The Labute approximate surface area is 175 Å². The number of carboxylic acids is 1. The average molecular weight is 417 g/mol. The van der Waals surface area contributed by atoms with Crippen LogP contribution in [0.4, 0.5) is 8.78 Å². The van der Waals surface area contributed by atoms with Crippen LogP contribution in [0.5, 0.6) is 5.75 Å². The highest BCUT2D eigenvalue weighted by Gasteiger charge is 2.28. The van der Waals surface area contributed by atoms with Gasteiger partial charge in [-0.1, -0.05) is 25.1 Å². The van der Waals surface area contributed by atoms with Crippen molar-refractivity contribution in [2.45, 2.75) is 58.1 Å². The summed E-state index contributed by atoms with van der Waals surface area (Å²) in [5.74, 6) is 0.436. The number of benzene rings is 2. The minimum Gasteiger partial charge on any atom is -0.490 e. The Morgan fingerprint density at radius 2 is 1.90 bits per heavy atom. The number of ether oxygens (including phenoxy) is 1. The Bertz CT molecular complexity index is 903. The Morgan fingerprint density at radius 1 is 1.17 bits per heavy atom. The van der Waals surface area contributed by atoms with E-state index in [0.29, 0.717) is 23.6 Å². The van der Waals surface area contributed by atoms with E-state index in [-0.39, 0.29) is 24.0 Å². The van der Waals surface area contributed by atoms with E-state index in [4.69, 9.17) is 9.84 Å². The van der Waals surface area contributed by atoms with Crippen molar-refractivity contribution in [1.29, 1.82) is 0 Å². The molecular formula is C24H29F2NO3. The van der Waals surface area contributed by atoms with Crippen LogP contribution >= 0.6 is 0 Å². The highest BCUT2D eigenvalue weighted by molar-refractivity contribution is 5.88. The monoisotopic (exact) mass is 417 g/mol. The number of fused-ring (bicyclic) bond motifs is 1. The number of carboxylic acid groups (broad SMARTS) is 1. The van der Waals surface area contributed by atoms with Gasteiger partial charge in [-0.15, -0.1) is 0 Å². The van der Waals surface area contributed by atoms with Gasteiger partial charge in [-0.2, -0.15) is 0 Å². The summed E-state index contributed by atoms with van der Waals surface area (Å²) >= 11 is 0. The molecule has 1 aliphatic carbocycles. The fourth-order valence-electron chi connectivity index (χ4n) is 4.78. The summed E-state index contributed by atoms with van der Waals surface area (Å²) in [5, 5.41) is 10.2. The molecule has 1 aliphatic heterocycles. The van der Waals surface area contributed by atoms with Gasteiger partial charge in [0.2, 0.25) is 0 Å². The van der Waals surface area contributed by atoms with Gasteiger partial charge < -0.3 is 9.84 Å². The summed E-state index contributed by atoms with van der Waals surface area (Å²) in [6, 6.07) is 9.19. The molecule has 0 bridgehead atoms. The normalized spacial score (nSPS) is 22.9. The first-order valence-electron chi connectivity index (χ1n) is 10.8. The zero-order valence-electron chi connectivity index (χ0n) is 17.3. The minimum absolute atomic E-state index is 0.0110. The quantitative estimate of drug-likeness (QED) is 0.633. The first-order chi connectivity index (χ1) is 14.4. The van der Waals surface area contributed by atoms with Gasteiger partial charge >= 0.3 is 5.97 Å². The minimum atomic E-state index is -2.59. The fraction of sp³-hybridized carbons (Fsp3) is 0.542. The van der Waals surface area contributed by atoms with Crippen LogP contribution in [-0.2, 0) is 11.3 Å². The van der Waals surface area contributed by atoms with Gasteiger partial charge in [0.25, 0.3) is 6.43 Å². The number of halogens is 2. The van der Waals surface area contributed by atoms with Crippen molar-refractivity contribution < 1.29 is 23.4 Å². The summed E-state index contributed by atoms with van der Waals surface area (Å²) in [5.41, 5.74) is 1.04. The van der Waals surface area contributed by atoms with Gasteiger partial charge in [-0.25, -0.2) is 8.78 Å². The molecule has 0 aromatic heterocycles. The first kappa shape index (κ1) is 21.0. The molecule has 4 nitrogen and oxygen atoms in total. The SMILES string of the molecule is C[C@H]1CC[C@@H](Oc2ccc3cc(CN4CC(CC(=O)O)C4)ccc3c2C(F)F)CC1. The second-order valence-electron chi connectivity index (χ2n) is 8.99. The lowest BCUT2D eigenvalue weighted by atomic mass is 9.89. The Kier molecular flexibility index (Phi) is 6.23. The highest BCUT2D eigenvalue weighted by Crippen LogP contribution is 2.38. The van der Waals surface area contributed by atoms with Crippen molar-refractivity contribution >= 4 is 16.7 Å². The lowest BCUT2D eigenvalue weighted by molar-refractivity contribution is -0.139. The second-order valence-corrected chi connectivity index (χ2v) is 8.99. The van der Waals surface area contributed by atoms with E-state index in [1.54, 1.807) is 12.1 Å². The molecule has 2 fully saturated rings. The number of carbonyl (C=O) groups is 1. The third kappa shape index (κ3) is 4.75. The topological polar surface area (TPSA) is 49.8 Å². The van der Waals surface area contributed by atoms with E-state index in [2.05, 4.69) is 11.8 Å². The van der Waals surface area contributed by atoms with Gasteiger partial charge in [0, 0.05) is 19.6 Å². The Hall–Kier alpha value is -2.21. The number of aliphatic carboxylic acids is 1. The number of alkyl halides is 2. The molecule has 0 radical (unpaired) electrons. The standard InChI is InChI=1S/C24H29F2NO3/c1-15-2-6-19(7-3-15)30-21-9-5-18-10-16(4-8-20(18)23(21)24(25)26)12-27-13-17(14-27)11-22(28)29/h4-5,8-10,15,17,19,24H,2-3,6-7,11-14H2,1H3,(H,28,29)/t15-,19+. The highest BCUT2D eigenvalue weighted by atomic mass is 19.3. The largest absolute Gasteiger partial charge is 0.490 e. The van der Waals surface area contributed by atoms with E-state index in [1.807, 2.05) is 18.2 Å². The smallest absolute Gasteiger partial charge is 0.303 e. The van der Waals surface area contributed by atoms with Gasteiger partial charge in [-0.05, 0) is 66.0 Å². The summed E-state index contributed by atoms with van der Waals surface area (Å²) < 4.78 is 34.0. The van der Waals surface area contributed by atoms with Crippen LogP contribution < -0.4 is 4.74 Å². The van der Waals surface area contributed by atoms with E-state index < -0.39 is 12.4 Å². The summed E-state index contributed by atoms with van der Waals surface area (Å²) in [6.45, 7) is 4.45. The lowest BCUT2D eigenvalue weighted by Gasteiger charge is -2.38. The lowest BCUT2D eigenvalue weighted by Crippen LogP contribution is -2.46. The molecular weight excluding hydrogens is 388 g/mol. The molecule has 0 spiro atoms. The maximum atomic E-state index is 14.0. The van der Waals surface area contributed by atoms with Crippen molar-refractivity contribution in [2.75, 3.05) is 13.1 Å². The molecule has 0 atom stereocenters. The van der Waals surface area contributed by atoms with Crippen molar-refractivity contribution in [1.82, 2.24) is 4.90 Å². The Balaban J connectivity index is 1.49. The molecule has 1 N–H and O–H groups in total. The molecule has 2 aromatic rings. The molecule has 4 rings (SSSR count). The van der Waals surface area contributed by atoms with Crippen molar-refractivity contribution in [3.8, 4) is 5.75 Å². The molecule has 2 aromatic carbocycles. The molecule has 30 heavy (non-hydrogen) atoms. The molecule has 0 unspecified atom stereocenters. The summed E-state index contributed by atoms with van der Waals surface area (Å²) in [6.07, 6.45) is 1.61. The summed E-state index contributed by atoms with van der Waals surface area (Å²) in [4.78, 5) is 13.0. The third-order valence-corrected chi connectivity index (χ3v) is 6.46. The molecule has 1 saturated heterocycles. The first-order valence-corrected chi connectivity index (χ1v) is 10.8. The molecule has 6 heteroatoms. The van der Waals surface area contributed by atoms with Crippen LogP contribution in [0.2, 0.25) is 0 Å². The molecule has 2 aliphatic rings. The number of hydrogen-bond acceptors (Lipinski definition) is 3. The molecule has 0 amide bonds. The van der Waals surface area contributed by atoms with Crippen molar-refractivity contribution in [3.05, 3.63) is 41.5 Å². The number of rotatable bonds is 7. The van der Waals surface area contributed by atoms with Crippen molar-refractivity contribution in [3.63, 3.8) is 0 Å². The van der Waals surface area contributed by atoms with Crippen LogP contribution in [0.3, 0.4) is 0 Å². The second kappa shape index (κ2) is 8.88. The van der Waals surface area contributed by atoms with Crippen LogP contribution in [0.1, 0.15) is 56.6 Å². The van der Waals surface area contributed by atoms with Gasteiger partial charge in [0.05, 0.1) is 18.1 Å². The maximum absolute atomic E-state index is 14.0. The number of hydrogen-bond donors (Lipinski definition) is 1. The summed E-state index contributed by atoms with van der Waals surface area (Å²) in [7, 11) is 0. The predicted molar refractivity (Wildman–Crippen MR) is 112 cm³/mol. The fourth-order valence-corrected chi connectivity index (χ4v) is 4.78. The van der Waals surface area contributed by atoms with Crippen LogP contribution in [0.15, 0.2) is 30.3 Å². The predicted octanol–water partition coefficient (Wildman–Crippen LogP) is 5.64. The Morgan fingerprint density at radius 3 is 2.57 bits per heavy atom.